The molecule has 0 radical (unpaired) electrons. The Morgan fingerprint density at radius 2 is 1.88 bits per heavy atom. The number of hydrogen-bond donors (Lipinski definition) is 0. The summed E-state index contributed by atoms with van der Waals surface area (Å²) in [6, 6.07) is 12.3. The lowest BCUT2D eigenvalue weighted by atomic mass is 10.1. The number of aryl methyl sites for hydroxylation is 1. The second-order valence-corrected chi connectivity index (χ2v) is 6.40. The van der Waals surface area contributed by atoms with Crippen LogP contribution >= 0.6 is 0 Å². The third-order valence-electron chi connectivity index (χ3n) is 5.01. The number of nitrogens with zero attached hydrogens (tertiary/aromatic N) is 3. The van der Waals surface area contributed by atoms with Crippen LogP contribution in [-0.4, -0.2) is 33.4 Å². The molecule has 0 spiro atoms. The van der Waals surface area contributed by atoms with E-state index in [1.807, 2.05) is 36.1 Å². The molecular formula is C21H25N3O. The zero-order valence-electron chi connectivity index (χ0n) is 15.2. The normalized spacial score (nSPS) is 11.0. The molecule has 0 bridgehead atoms. The highest BCUT2D eigenvalue weighted by Gasteiger charge is 2.18. The molecule has 4 heteroatoms. The second kappa shape index (κ2) is 7.51. The minimum absolute atomic E-state index is 0.191. The topological polar surface area (TPSA) is 38.1 Å². The van der Waals surface area contributed by atoms with E-state index in [2.05, 4.69) is 35.7 Å². The molecule has 130 valence electrons. The van der Waals surface area contributed by atoms with E-state index in [1.54, 1.807) is 12.4 Å². The van der Waals surface area contributed by atoms with Crippen molar-refractivity contribution in [1.82, 2.24) is 14.5 Å². The average Bonchev–Trinajstić information content (AvgIpc) is 2.88. The van der Waals surface area contributed by atoms with Gasteiger partial charge in [-0.05, 0) is 49.6 Å². The number of carbonyl (C=O) groups is 1. The van der Waals surface area contributed by atoms with Crippen molar-refractivity contribution in [2.24, 2.45) is 7.05 Å². The second-order valence-electron chi connectivity index (χ2n) is 6.40. The number of amides is 1. The summed E-state index contributed by atoms with van der Waals surface area (Å²) in [5, 5.41) is 1.18. The predicted molar refractivity (Wildman–Crippen MR) is 102 cm³/mol. The molecule has 0 aliphatic carbocycles. The fourth-order valence-corrected chi connectivity index (χ4v) is 3.36. The van der Waals surface area contributed by atoms with Crippen LogP contribution < -0.4 is 0 Å². The van der Waals surface area contributed by atoms with Crippen molar-refractivity contribution >= 4 is 16.8 Å². The molecule has 25 heavy (non-hydrogen) atoms. The summed E-state index contributed by atoms with van der Waals surface area (Å²) in [4.78, 5) is 18.9. The van der Waals surface area contributed by atoms with Gasteiger partial charge in [0.1, 0.15) is 0 Å². The van der Waals surface area contributed by atoms with Crippen molar-refractivity contribution in [3.8, 4) is 0 Å². The first-order valence-electron chi connectivity index (χ1n) is 8.81. The Morgan fingerprint density at radius 1 is 1.16 bits per heavy atom. The van der Waals surface area contributed by atoms with E-state index in [9.17, 15) is 4.79 Å². The first-order valence-corrected chi connectivity index (χ1v) is 8.81. The minimum Gasteiger partial charge on any atom is -0.348 e. The Bertz CT molecular complexity index is 867. The van der Waals surface area contributed by atoms with Crippen LogP contribution in [0.3, 0.4) is 0 Å². The quantitative estimate of drug-likeness (QED) is 0.691. The van der Waals surface area contributed by atoms with Crippen LogP contribution in [0.1, 0.15) is 23.7 Å². The fourth-order valence-electron chi connectivity index (χ4n) is 3.36. The number of rotatable bonds is 6. The summed E-state index contributed by atoms with van der Waals surface area (Å²) in [7, 11) is 2.06. The van der Waals surface area contributed by atoms with E-state index in [-0.39, 0.29) is 5.91 Å². The molecule has 0 aliphatic rings. The highest BCUT2D eigenvalue weighted by molar-refractivity contribution is 5.90. The number of likely N-dealkylation sites (N-methyl/N-ethyl adjacent to an activating group) is 1. The van der Waals surface area contributed by atoms with Crippen LogP contribution in [0.2, 0.25) is 0 Å². The third-order valence-corrected chi connectivity index (χ3v) is 5.01. The van der Waals surface area contributed by atoms with Gasteiger partial charge in [0.2, 0.25) is 5.91 Å². The first kappa shape index (κ1) is 17.2. The highest BCUT2D eigenvalue weighted by Crippen LogP contribution is 2.25. The average molecular weight is 335 g/mol. The van der Waals surface area contributed by atoms with Crippen molar-refractivity contribution in [2.75, 3.05) is 13.1 Å². The predicted octanol–water partition coefficient (Wildman–Crippen LogP) is 3.52. The molecule has 3 aromatic rings. The van der Waals surface area contributed by atoms with E-state index >= 15 is 0 Å². The van der Waals surface area contributed by atoms with Crippen molar-refractivity contribution < 1.29 is 4.79 Å². The third kappa shape index (κ3) is 3.58. The van der Waals surface area contributed by atoms with E-state index in [1.165, 1.54) is 22.2 Å². The zero-order valence-corrected chi connectivity index (χ0v) is 15.2. The Labute approximate surface area is 149 Å². The van der Waals surface area contributed by atoms with Gasteiger partial charge in [-0.3, -0.25) is 9.78 Å². The maximum Gasteiger partial charge on any atom is 0.227 e. The summed E-state index contributed by atoms with van der Waals surface area (Å²) in [5.74, 6) is 0.191. The molecule has 3 rings (SSSR count). The monoisotopic (exact) mass is 335 g/mol. The number of fused-ring (bicyclic) bond motifs is 1. The highest BCUT2D eigenvalue weighted by atomic mass is 16.2. The van der Waals surface area contributed by atoms with Gasteiger partial charge in [-0.1, -0.05) is 18.2 Å². The number of pyridine rings is 1. The molecule has 0 saturated carbocycles. The molecule has 2 aromatic heterocycles. The van der Waals surface area contributed by atoms with Crippen LogP contribution in [-0.2, 0) is 24.7 Å². The Balaban J connectivity index is 1.75. The van der Waals surface area contributed by atoms with Gasteiger partial charge < -0.3 is 9.47 Å². The zero-order chi connectivity index (χ0) is 17.8. The molecule has 1 aromatic carbocycles. The van der Waals surface area contributed by atoms with Crippen molar-refractivity contribution in [2.45, 2.75) is 26.7 Å². The molecule has 0 unspecified atom stereocenters. The van der Waals surface area contributed by atoms with Crippen LogP contribution in [0.5, 0.6) is 0 Å². The Hall–Kier alpha value is -2.62. The van der Waals surface area contributed by atoms with Gasteiger partial charge in [-0.2, -0.15) is 0 Å². The van der Waals surface area contributed by atoms with Crippen molar-refractivity contribution in [1.29, 1.82) is 0 Å². The van der Waals surface area contributed by atoms with Gasteiger partial charge in [0.25, 0.3) is 0 Å². The van der Waals surface area contributed by atoms with E-state index in [4.69, 9.17) is 0 Å². The van der Waals surface area contributed by atoms with E-state index in [0.29, 0.717) is 6.42 Å². The maximum absolute atomic E-state index is 12.9. The Kier molecular flexibility index (Phi) is 5.17. The Morgan fingerprint density at radius 3 is 2.60 bits per heavy atom. The summed E-state index contributed by atoms with van der Waals surface area (Å²) in [5.41, 5.74) is 4.70. The van der Waals surface area contributed by atoms with Gasteiger partial charge in [0.05, 0.1) is 6.42 Å². The standard InChI is InChI=1S/C21H25N3O/c1-4-24(14-11-17-9-12-22-13-10-17)21(25)15-19-16(2)23(3)20-8-6-5-7-18(19)20/h5-10,12-13H,4,11,14-15H2,1-3H3. The molecule has 4 nitrogen and oxygen atoms in total. The lowest BCUT2D eigenvalue weighted by Gasteiger charge is -2.21. The summed E-state index contributed by atoms with van der Waals surface area (Å²) in [6.07, 6.45) is 4.91. The molecular weight excluding hydrogens is 310 g/mol. The molecule has 0 saturated heterocycles. The van der Waals surface area contributed by atoms with Crippen LogP contribution in [0.15, 0.2) is 48.8 Å². The van der Waals surface area contributed by atoms with Crippen LogP contribution in [0.25, 0.3) is 10.9 Å². The van der Waals surface area contributed by atoms with Crippen LogP contribution in [0, 0.1) is 6.92 Å². The first-order chi connectivity index (χ1) is 12.1. The summed E-state index contributed by atoms with van der Waals surface area (Å²) < 4.78 is 2.17. The number of benzene rings is 1. The van der Waals surface area contributed by atoms with Gasteiger partial charge in [-0.25, -0.2) is 0 Å². The minimum atomic E-state index is 0.191. The smallest absolute Gasteiger partial charge is 0.227 e. The van der Waals surface area contributed by atoms with Gasteiger partial charge >= 0.3 is 0 Å². The van der Waals surface area contributed by atoms with E-state index in [0.717, 1.165) is 25.1 Å². The number of aromatic nitrogens is 2. The molecule has 1 amide bonds. The van der Waals surface area contributed by atoms with Crippen molar-refractivity contribution in [3.05, 3.63) is 65.6 Å². The van der Waals surface area contributed by atoms with Gasteiger partial charge in [0.15, 0.2) is 0 Å². The molecule has 2 heterocycles. The van der Waals surface area contributed by atoms with Gasteiger partial charge in [-0.15, -0.1) is 0 Å². The number of hydrogen-bond acceptors (Lipinski definition) is 2. The van der Waals surface area contributed by atoms with Gasteiger partial charge in [0, 0.05) is 49.1 Å². The molecule has 0 N–H and O–H groups in total. The SMILES string of the molecule is CCN(CCc1ccncc1)C(=O)Cc1c(C)n(C)c2ccccc12. The molecule has 0 fully saturated rings. The van der Waals surface area contributed by atoms with Crippen LogP contribution in [0.4, 0.5) is 0 Å². The van der Waals surface area contributed by atoms with Crippen molar-refractivity contribution in [3.63, 3.8) is 0 Å². The number of carbonyl (C=O) groups excluding carboxylic acids is 1. The largest absolute Gasteiger partial charge is 0.348 e. The molecule has 0 atom stereocenters. The summed E-state index contributed by atoms with van der Waals surface area (Å²) >= 11 is 0. The maximum atomic E-state index is 12.9. The lowest BCUT2D eigenvalue weighted by Crippen LogP contribution is -2.34. The molecule has 0 aliphatic heterocycles. The lowest BCUT2D eigenvalue weighted by molar-refractivity contribution is -0.130. The van der Waals surface area contributed by atoms with E-state index < -0.39 is 0 Å². The number of para-hydroxylation sites is 1. The fraction of sp³-hybridized carbons (Fsp3) is 0.333. The summed E-state index contributed by atoms with van der Waals surface area (Å²) in [6.45, 7) is 5.60.